The van der Waals surface area contributed by atoms with Gasteiger partial charge < -0.3 is 0 Å². The topological polar surface area (TPSA) is 59.1 Å². The van der Waals surface area contributed by atoms with Crippen LogP contribution in [0.5, 0.6) is 0 Å². The Morgan fingerprint density at radius 1 is 0.944 bits per heavy atom. The van der Waals surface area contributed by atoms with Gasteiger partial charge in [-0.15, -0.1) is 0 Å². The highest BCUT2D eigenvalue weighted by Crippen LogP contribution is 2.16. The molecular weight excluding hydrogens is 478 g/mol. The summed E-state index contributed by atoms with van der Waals surface area (Å²) < 4.78 is 28.5. The number of rotatable bonds is 3. The Balaban J connectivity index is 2.27. The molecule has 1 heterocycles. The average molecular weight is 486 g/mol. The van der Waals surface area contributed by atoms with Crippen LogP contribution >= 0.6 is 45.2 Å². The van der Waals surface area contributed by atoms with Crippen molar-refractivity contribution in [3.63, 3.8) is 0 Å². The van der Waals surface area contributed by atoms with Crippen LogP contribution in [-0.2, 0) is 10.0 Å². The predicted molar refractivity (Wildman–Crippen MR) is 86.9 cm³/mol. The van der Waals surface area contributed by atoms with Gasteiger partial charge in [0.15, 0.2) is 0 Å². The van der Waals surface area contributed by atoms with Gasteiger partial charge in [0.25, 0.3) is 10.0 Å². The summed E-state index contributed by atoms with van der Waals surface area (Å²) in [5, 5.41) is 0. The van der Waals surface area contributed by atoms with Crippen LogP contribution in [0.2, 0.25) is 0 Å². The molecule has 4 nitrogen and oxygen atoms in total. The third-order valence-electron chi connectivity index (χ3n) is 2.09. The Labute approximate surface area is 133 Å². The first-order valence-corrected chi connectivity index (χ1v) is 8.51. The molecule has 0 spiro atoms. The van der Waals surface area contributed by atoms with Gasteiger partial charge >= 0.3 is 0 Å². The van der Waals surface area contributed by atoms with Gasteiger partial charge in [0, 0.05) is 13.3 Å². The number of anilines is 1. The monoisotopic (exact) mass is 486 g/mol. The molecule has 7 heteroatoms. The highest BCUT2D eigenvalue weighted by molar-refractivity contribution is 14.1. The van der Waals surface area contributed by atoms with Crippen LogP contribution < -0.4 is 4.72 Å². The summed E-state index contributed by atoms with van der Waals surface area (Å²) in [4.78, 5) is 4.23. The van der Waals surface area contributed by atoms with E-state index in [-0.39, 0.29) is 4.90 Å². The second-order valence-electron chi connectivity index (χ2n) is 3.42. The molecule has 18 heavy (non-hydrogen) atoms. The fourth-order valence-electron chi connectivity index (χ4n) is 1.25. The van der Waals surface area contributed by atoms with Crippen LogP contribution in [0.15, 0.2) is 47.5 Å². The molecule has 0 aliphatic heterocycles. The summed E-state index contributed by atoms with van der Waals surface area (Å²) >= 11 is 4.23. The Hall–Kier alpha value is -0.420. The summed E-state index contributed by atoms with van der Waals surface area (Å²) in [5.74, 6) is 0.314. The molecule has 0 aliphatic rings. The van der Waals surface area contributed by atoms with E-state index >= 15 is 0 Å². The van der Waals surface area contributed by atoms with Crippen molar-refractivity contribution < 1.29 is 8.42 Å². The maximum atomic E-state index is 12.0. The zero-order valence-corrected chi connectivity index (χ0v) is 14.1. The molecule has 94 valence electrons. The van der Waals surface area contributed by atoms with E-state index < -0.39 is 10.0 Å². The number of nitrogens with one attached hydrogen (secondary N) is 1. The summed E-state index contributed by atoms with van der Waals surface area (Å²) in [6.45, 7) is 0. The quantitative estimate of drug-likeness (QED) is 0.680. The van der Waals surface area contributed by atoms with Crippen molar-refractivity contribution in [2.75, 3.05) is 4.72 Å². The summed E-state index contributed by atoms with van der Waals surface area (Å²) in [7, 11) is -3.56. The number of nitrogens with zero attached hydrogens (tertiary/aromatic N) is 1. The van der Waals surface area contributed by atoms with Gasteiger partial charge in [-0.05, 0) is 81.6 Å². The van der Waals surface area contributed by atoms with Crippen LogP contribution in [0.4, 0.5) is 5.82 Å². The standard InChI is InChI=1S/C11H8I2N2O2S/c12-8-1-4-10(5-2-8)18(16,17)15-11-6-3-9(13)7-14-11/h1-7H,(H,14,15). The Morgan fingerprint density at radius 3 is 2.11 bits per heavy atom. The number of pyridine rings is 1. The minimum absolute atomic E-state index is 0.225. The van der Waals surface area contributed by atoms with E-state index in [0.29, 0.717) is 5.82 Å². The van der Waals surface area contributed by atoms with E-state index in [9.17, 15) is 8.42 Å². The molecule has 0 fully saturated rings. The summed E-state index contributed by atoms with van der Waals surface area (Å²) in [5.41, 5.74) is 0. The molecule has 0 radical (unpaired) electrons. The van der Waals surface area contributed by atoms with Crippen LogP contribution in [0.3, 0.4) is 0 Å². The second-order valence-corrected chi connectivity index (χ2v) is 7.59. The first kappa shape index (κ1) is 14.0. The fraction of sp³-hybridized carbons (Fsp3) is 0. The fourth-order valence-corrected chi connectivity index (χ4v) is 2.93. The zero-order chi connectivity index (χ0) is 13.2. The third-order valence-corrected chi connectivity index (χ3v) is 4.82. The lowest BCUT2D eigenvalue weighted by atomic mass is 10.4. The van der Waals surface area contributed by atoms with Crippen molar-refractivity contribution in [2.24, 2.45) is 0 Å². The van der Waals surface area contributed by atoms with Gasteiger partial charge in [-0.25, -0.2) is 13.4 Å². The van der Waals surface area contributed by atoms with Crippen molar-refractivity contribution in [1.82, 2.24) is 4.98 Å². The van der Waals surface area contributed by atoms with E-state index in [2.05, 4.69) is 54.9 Å². The first-order chi connectivity index (χ1) is 8.47. The number of sulfonamides is 1. The van der Waals surface area contributed by atoms with Crippen LogP contribution in [0.25, 0.3) is 0 Å². The molecule has 1 N–H and O–H groups in total. The molecular formula is C11H8I2N2O2S. The lowest BCUT2D eigenvalue weighted by Gasteiger charge is -2.07. The van der Waals surface area contributed by atoms with Gasteiger partial charge in [0.05, 0.1) is 4.90 Å². The van der Waals surface area contributed by atoms with Crippen molar-refractivity contribution in [2.45, 2.75) is 4.90 Å². The maximum Gasteiger partial charge on any atom is 0.263 e. The number of benzene rings is 1. The molecule has 0 aliphatic carbocycles. The number of aromatic nitrogens is 1. The molecule has 0 amide bonds. The Kier molecular flexibility index (Phi) is 4.43. The van der Waals surface area contributed by atoms with E-state index in [1.807, 2.05) is 0 Å². The molecule has 2 rings (SSSR count). The van der Waals surface area contributed by atoms with Crippen molar-refractivity contribution in [3.8, 4) is 0 Å². The smallest absolute Gasteiger partial charge is 0.263 e. The number of hydrogen-bond donors (Lipinski definition) is 1. The lowest BCUT2D eigenvalue weighted by molar-refractivity contribution is 0.601. The molecule has 2 aromatic rings. The van der Waals surface area contributed by atoms with Crippen LogP contribution in [0.1, 0.15) is 0 Å². The summed E-state index contributed by atoms with van der Waals surface area (Å²) in [6.07, 6.45) is 1.60. The Bertz CT molecular complexity index is 640. The summed E-state index contributed by atoms with van der Waals surface area (Å²) in [6, 6.07) is 10.0. The van der Waals surface area contributed by atoms with Crippen LogP contribution in [0, 0.1) is 7.14 Å². The maximum absolute atomic E-state index is 12.0. The SMILES string of the molecule is O=S(=O)(Nc1ccc(I)cn1)c1ccc(I)cc1. The highest BCUT2D eigenvalue weighted by Gasteiger charge is 2.14. The van der Waals surface area contributed by atoms with Crippen molar-refractivity contribution >= 4 is 61.0 Å². The van der Waals surface area contributed by atoms with E-state index in [4.69, 9.17) is 0 Å². The average Bonchev–Trinajstić information content (AvgIpc) is 2.32. The third kappa shape index (κ3) is 3.54. The minimum atomic E-state index is -3.56. The lowest BCUT2D eigenvalue weighted by Crippen LogP contribution is -2.13. The molecule has 0 bridgehead atoms. The van der Waals surface area contributed by atoms with Crippen LogP contribution in [-0.4, -0.2) is 13.4 Å². The van der Waals surface area contributed by atoms with Crippen molar-refractivity contribution in [1.29, 1.82) is 0 Å². The molecule has 0 unspecified atom stereocenters. The van der Waals surface area contributed by atoms with Gasteiger partial charge in [-0.3, -0.25) is 4.72 Å². The largest absolute Gasteiger partial charge is 0.263 e. The minimum Gasteiger partial charge on any atom is -0.263 e. The number of hydrogen-bond acceptors (Lipinski definition) is 3. The number of halogens is 2. The van der Waals surface area contributed by atoms with E-state index in [1.54, 1.807) is 42.6 Å². The molecule has 0 atom stereocenters. The van der Waals surface area contributed by atoms with Gasteiger partial charge in [-0.1, -0.05) is 0 Å². The van der Waals surface area contributed by atoms with Gasteiger partial charge in [0.2, 0.25) is 0 Å². The van der Waals surface area contributed by atoms with Crippen molar-refractivity contribution in [3.05, 3.63) is 49.7 Å². The first-order valence-electron chi connectivity index (χ1n) is 4.87. The van der Waals surface area contributed by atoms with E-state index in [1.165, 1.54) is 0 Å². The van der Waals surface area contributed by atoms with E-state index in [0.717, 1.165) is 7.14 Å². The predicted octanol–water partition coefficient (Wildman–Crippen LogP) is 3.09. The Morgan fingerprint density at radius 2 is 1.56 bits per heavy atom. The zero-order valence-electron chi connectivity index (χ0n) is 8.97. The molecule has 1 aromatic heterocycles. The normalized spacial score (nSPS) is 11.2. The molecule has 0 saturated heterocycles. The second kappa shape index (κ2) is 5.70. The highest BCUT2D eigenvalue weighted by atomic mass is 127. The van der Waals surface area contributed by atoms with Gasteiger partial charge in [0.1, 0.15) is 5.82 Å². The molecule has 1 aromatic carbocycles. The van der Waals surface area contributed by atoms with Gasteiger partial charge in [-0.2, -0.15) is 0 Å². The molecule has 0 saturated carbocycles.